The molecule has 33 heavy (non-hydrogen) atoms. The molecule has 1 amide bonds. The van der Waals surface area contributed by atoms with Crippen LogP contribution in [0.2, 0.25) is 0 Å². The molecule has 1 aliphatic carbocycles. The number of hydrogen-bond acceptors (Lipinski definition) is 7. The van der Waals surface area contributed by atoms with E-state index >= 15 is 0 Å². The third kappa shape index (κ3) is 6.19. The van der Waals surface area contributed by atoms with Gasteiger partial charge in [0.05, 0.1) is 12.2 Å². The number of nitrogens with one attached hydrogen (secondary N) is 2. The van der Waals surface area contributed by atoms with E-state index in [2.05, 4.69) is 10.6 Å². The molecule has 0 fully saturated rings. The average Bonchev–Trinajstić information content (AvgIpc) is 2.77. The Kier molecular flexibility index (Phi) is 7.48. The molecule has 0 bridgehead atoms. The third-order valence-corrected chi connectivity index (χ3v) is 4.88. The van der Waals surface area contributed by atoms with Crippen molar-refractivity contribution in [1.29, 1.82) is 0 Å². The number of hydrogen-bond donors (Lipinski definition) is 2. The van der Waals surface area contributed by atoms with E-state index in [0.29, 0.717) is 47.3 Å². The van der Waals surface area contributed by atoms with Crippen LogP contribution >= 0.6 is 0 Å². The molecule has 0 aromatic heterocycles. The van der Waals surface area contributed by atoms with Crippen molar-refractivity contribution in [2.24, 2.45) is 0 Å². The molecule has 0 unspecified atom stereocenters. The Bertz CT molecular complexity index is 1070. The van der Waals surface area contributed by atoms with Crippen LogP contribution in [-0.4, -0.2) is 48.9 Å². The van der Waals surface area contributed by atoms with Crippen LogP contribution in [0.1, 0.15) is 65.5 Å². The van der Waals surface area contributed by atoms with Crippen molar-refractivity contribution in [3.63, 3.8) is 0 Å². The lowest BCUT2D eigenvalue weighted by Crippen LogP contribution is -2.36. The summed E-state index contributed by atoms with van der Waals surface area (Å²) >= 11 is 0. The normalized spacial score (nSPS) is 12.5. The Labute approximate surface area is 192 Å². The molecule has 2 aromatic rings. The van der Waals surface area contributed by atoms with Gasteiger partial charge in [-0.3, -0.25) is 14.4 Å². The van der Waals surface area contributed by atoms with Gasteiger partial charge in [-0.15, -0.1) is 0 Å². The molecule has 8 heteroatoms. The van der Waals surface area contributed by atoms with Crippen LogP contribution in [0.25, 0.3) is 0 Å². The Balaban J connectivity index is 1.43. The number of amides is 1. The van der Waals surface area contributed by atoms with Gasteiger partial charge in [0.2, 0.25) is 0 Å². The van der Waals surface area contributed by atoms with Gasteiger partial charge in [-0.2, -0.15) is 0 Å². The van der Waals surface area contributed by atoms with Crippen molar-refractivity contribution in [3.05, 3.63) is 64.7 Å². The molecular formula is C25H28N2O6. The minimum Gasteiger partial charge on any atom is -0.464 e. The molecular weight excluding hydrogens is 424 g/mol. The predicted molar refractivity (Wildman–Crippen MR) is 123 cm³/mol. The molecule has 0 radical (unpaired) electrons. The van der Waals surface area contributed by atoms with Gasteiger partial charge in [-0.1, -0.05) is 36.4 Å². The van der Waals surface area contributed by atoms with Gasteiger partial charge in [-0.25, -0.2) is 4.79 Å². The second-order valence-corrected chi connectivity index (χ2v) is 8.64. The molecule has 0 heterocycles. The van der Waals surface area contributed by atoms with Crippen molar-refractivity contribution in [1.82, 2.24) is 5.32 Å². The summed E-state index contributed by atoms with van der Waals surface area (Å²) < 4.78 is 10.1. The predicted octanol–water partition coefficient (Wildman–Crippen LogP) is 3.72. The molecule has 3 rings (SSSR count). The van der Waals surface area contributed by atoms with E-state index in [9.17, 15) is 19.2 Å². The average molecular weight is 453 g/mol. The molecule has 0 saturated heterocycles. The molecule has 1 aliphatic rings. The first kappa shape index (κ1) is 24.0. The zero-order chi connectivity index (χ0) is 24.0. The first-order valence-electron chi connectivity index (χ1n) is 10.8. The molecule has 0 saturated carbocycles. The van der Waals surface area contributed by atoms with Gasteiger partial charge < -0.3 is 20.1 Å². The lowest BCUT2D eigenvalue weighted by Gasteiger charge is -2.20. The topological polar surface area (TPSA) is 111 Å². The highest BCUT2D eigenvalue weighted by Crippen LogP contribution is 2.31. The number of ketones is 2. The lowest BCUT2D eigenvalue weighted by molar-refractivity contribution is -0.142. The highest BCUT2D eigenvalue weighted by atomic mass is 16.6. The summed E-state index contributed by atoms with van der Waals surface area (Å²) in [6.07, 6.45) is 0.593. The SMILES string of the molecule is CC(C)(C)OC(=O)NCC(=O)OCCCCNc1cccc2c1C(=O)c1ccccc1C2=O. The van der Waals surface area contributed by atoms with Gasteiger partial charge in [0, 0.05) is 28.9 Å². The van der Waals surface area contributed by atoms with Crippen LogP contribution < -0.4 is 10.6 Å². The molecule has 8 nitrogen and oxygen atoms in total. The van der Waals surface area contributed by atoms with Crippen LogP contribution in [0, 0.1) is 0 Å². The minimum atomic E-state index is -0.675. The van der Waals surface area contributed by atoms with E-state index in [1.807, 2.05) is 0 Å². The number of rotatable bonds is 8. The van der Waals surface area contributed by atoms with Crippen LogP contribution in [-0.2, 0) is 14.3 Å². The number of benzene rings is 2. The zero-order valence-corrected chi connectivity index (χ0v) is 19.0. The van der Waals surface area contributed by atoms with Crippen molar-refractivity contribution in [2.45, 2.75) is 39.2 Å². The van der Waals surface area contributed by atoms with Gasteiger partial charge >= 0.3 is 12.1 Å². The minimum absolute atomic E-state index is 0.157. The number of carbonyl (C=O) groups excluding carboxylic acids is 4. The molecule has 174 valence electrons. The van der Waals surface area contributed by atoms with Gasteiger partial charge in [0.15, 0.2) is 11.6 Å². The molecule has 0 aliphatic heterocycles. The largest absolute Gasteiger partial charge is 0.464 e. The first-order valence-corrected chi connectivity index (χ1v) is 10.8. The second kappa shape index (κ2) is 10.3. The number of esters is 1. The number of fused-ring (bicyclic) bond motifs is 2. The highest BCUT2D eigenvalue weighted by Gasteiger charge is 2.31. The van der Waals surface area contributed by atoms with Crippen LogP contribution in [0.3, 0.4) is 0 Å². The quantitative estimate of drug-likeness (QED) is 0.396. The summed E-state index contributed by atoms with van der Waals surface area (Å²) in [6, 6.07) is 12.0. The Morgan fingerprint density at radius 1 is 0.879 bits per heavy atom. The fourth-order valence-corrected chi connectivity index (χ4v) is 3.44. The fraction of sp³-hybridized carbons (Fsp3) is 0.360. The van der Waals surface area contributed by atoms with Gasteiger partial charge in [0.1, 0.15) is 12.1 Å². The smallest absolute Gasteiger partial charge is 0.408 e. The molecule has 2 N–H and O–H groups in total. The number of anilines is 1. The zero-order valence-electron chi connectivity index (χ0n) is 19.0. The highest BCUT2D eigenvalue weighted by molar-refractivity contribution is 6.30. The van der Waals surface area contributed by atoms with Crippen LogP contribution in [0.15, 0.2) is 42.5 Å². The van der Waals surface area contributed by atoms with Crippen LogP contribution in [0.4, 0.5) is 10.5 Å². The Morgan fingerprint density at radius 2 is 1.55 bits per heavy atom. The summed E-state index contributed by atoms with van der Waals surface area (Å²) in [7, 11) is 0. The maximum Gasteiger partial charge on any atom is 0.408 e. The standard InChI is InChI=1S/C25H28N2O6/c1-25(2,3)33-24(31)27-15-20(28)32-14-7-6-13-26-19-12-8-11-18-21(19)23(30)17-10-5-4-9-16(17)22(18)29/h4-5,8-12,26H,6-7,13-15H2,1-3H3,(H,27,31). The van der Waals surface area contributed by atoms with E-state index < -0.39 is 17.7 Å². The summed E-state index contributed by atoms with van der Waals surface area (Å²) in [5, 5.41) is 5.57. The van der Waals surface area contributed by atoms with E-state index in [4.69, 9.17) is 9.47 Å². The third-order valence-electron chi connectivity index (χ3n) is 4.88. The number of alkyl carbamates (subject to hydrolysis) is 1. The van der Waals surface area contributed by atoms with E-state index in [1.165, 1.54) is 0 Å². The van der Waals surface area contributed by atoms with Crippen molar-refractivity contribution >= 4 is 29.3 Å². The van der Waals surface area contributed by atoms with Crippen molar-refractivity contribution < 1.29 is 28.7 Å². The second-order valence-electron chi connectivity index (χ2n) is 8.64. The number of carbonyl (C=O) groups is 4. The fourth-order valence-electron chi connectivity index (χ4n) is 3.44. The van der Waals surface area contributed by atoms with Crippen LogP contribution in [0.5, 0.6) is 0 Å². The molecule has 0 spiro atoms. The Morgan fingerprint density at radius 3 is 2.24 bits per heavy atom. The molecule has 0 atom stereocenters. The van der Waals surface area contributed by atoms with E-state index in [1.54, 1.807) is 63.2 Å². The van der Waals surface area contributed by atoms with Gasteiger partial charge in [-0.05, 0) is 39.7 Å². The molecule has 2 aromatic carbocycles. The van der Waals surface area contributed by atoms with E-state index in [0.717, 1.165) is 0 Å². The monoisotopic (exact) mass is 452 g/mol. The van der Waals surface area contributed by atoms with Gasteiger partial charge in [0.25, 0.3) is 0 Å². The maximum atomic E-state index is 13.0. The summed E-state index contributed by atoms with van der Waals surface area (Å²) in [6.45, 7) is 5.67. The number of ether oxygens (including phenoxy) is 2. The van der Waals surface area contributed by atoms with Crippen molar-refractivity contribution in [3.8, 4) is 0 Å². The summed E-state index contributed by atoms with van der Waals surface area (Å²) in [5.41, 5.74) is 1.60. The maximum absolute atomic E-state index is 13.0. The van der Waals surface area contributed by atoms with Crippen molar-refractivity contribution in [2.75, 3.05) is 25.0 Å². The Hall–Kier alpha value is -3.68. The van der Waals surface area contributed by atoms with E-state index in [-0.39, 0.29) is 24.7 Å². The first-order chi connectivity index (χ1) is 15.7. The number of unbranched alkanes of at least 4 members (excludes halogenated alkanes) is 1. The summed E-state index contributed by atoms with van der Waals surface area (Å²) in [4.78, 5) is 49.0. The summed E-state index contributed by atoms with van der Waals surface area (Å²) in [5.74, 6) is -0.876. The lowest BCUT2D eigenvalue weighted by atomic mass is 9.83.